The number of amides is 2. The predicted octanol–water partition coefficient (Wildman–Crippen LogP) is 0.810. The van der Waals surface area contributed by atoms with Crippen LogP contribution in [0.15, 0.2) is 12.1 Å². The topological polar surface area (TPSA) is 81.2 Å². The third-order valence-electron chi connectivity index (χ3n) is 5.28. The maximum atomic E-state index is 12.9. The first-order valence-corrected chi connectivity index (χ1v) is 8.71. The molecule has 3 heterocycles. The second-order valence-corrected chi connectivity index (χ2v) is 6.70. The standard InChI is InChI=1S/C18H25N3O5/c1-24-11-10-20-8-6-18(17(20)23)7-9-21(12-18)16(22)13-4-5-14(25-2)19-15(13)26-3/h4-5H,6-12H2,1-3H3. The van der Waals surface area contributed by atoms with E-state index in [4.69, 9.17) is 14.2 Å². The molecule has 0 radical (unpaired) electrons. The van der Waals surface area contributed by atoms with Crippen LogP contribution in [0.2, 0.25) is 0 Å². The molecule has 0 aliphatic carbocycles. The zero-order valence-corrected chi connectivity index (χ0v) is 15.5. The summed E-state index contributed by atoms with van der Waals surface area (Å²) in [7, 11) is 4.61. The molecular formula is C18H25N3O5. The molecule has 1 spiro atoms. The summed E-state index contributed by atoms with van der Waals surface area (Å²) in [5.74, 6) is 0.576. The molecule has 1 aromatic heterocycles. The predicted molar refractivity (Wildman–Crippen MR) is 93.4 cm³/mol. The van der Waals surface area contributed by atoms with Gasteiger partial charge in [0.25, 0.3) is 5.91 Å². The molecule has 2 amide bonds. The van der Waals surface area contributed by atoms with Crippen molar-refractivity contribution in [3.63, 3.8) is 0 Å². The van der Waals surface area contributed by atoms with E-state index in [1.54, 1.807) is 24.1 Å². The zero-order valence-electron chi connectivity index (χ0n) is 15.5. The lowest BCUT2D eigenvalue weighted by Gasteiger charge is -2.24. The summed E-state index contributed by atoms with van der Waals surface area (Å²) in [6.45, 7) is 2.83. The van der Waals surface area contributed by atoms with Gasteiger partial charge < -0.3 is 24.0 Å². The lowest BCUT2D eigenvalue weighted by Crippen LogP contribution is -2.39. The van der Waals surface area contributed by atoms with E-state index in [-0.39, 0.29) is 17.7 Å². The van der Waals surface area contributed by atoms with Crippen LogP contribution in [0.25, 0.3) is 0 Å². The average Bonchev–Trinajstić information content (AvgIpc) is 3.24. The van der Waals surface area contributed by atoms with Crippen molar-refractivity contribution >= 4 is 11.8 Å². The summed E-state index contributed by atoms with van der Waals surface area (Å²) in [4.78, 5) is 33.5. The summed E-state index contributed by atoms with van der Waals surface area (Å²) in [6, 6.07) is 3.29. The second-order valence-electron chi connectivity index (χ2n) is 6.70. The molecule has 1 aromatic rings. The van der Waals surface area contributed by atoms with Gasteiger partial charge in [-0.1, -0.05) is 0 Å². The number of carbonyl (C=O) groups is 2. The molecule has 0 bridgehead atoms. The van der Waals surface area contributed by atoms with Crippen LogP contribution >= 0.6 is 0 Å². The fraction of sp³-hybridized carbons (Fsp3) is 0.611. The molecule has 3 rings (SSSR count). The van der Waals surface area contributed by atoms with Gasteiger partial charge in [0.1, 0.15) is 5.56 Å². The minimum Gasteiger partial charge on any atom is -0.481 e. The van der Waals surface area contributed by atoms with E-state index in [9.17, 15) is 9.59 Å². The van der Waals surface area contributed by atoms with Crippen LogP contribution < -0.4 is 9.47 Å². The van der Waals surface area contributed by atoms with E-state index in [0.29, 0.717) is 44.1 Å². The van der Waals surface area contributed by atoms with E-state index >= 15 is 0 Å². The quantitative estimate of drug-likeness (QED) is 0.744. The number of likely N-dealkylation sites (tertiary alicyclic amines) is 2. The summed E-state index contributed by atoms with van der Waals surface area (Å²) < 4.78 is 15.4. The Morgan fingerprint density at radius 2 is 1.96 bits per heavy atom. The fourth-order valence-corrected chi connectivity index (χ4v) is 3.76. The monoisotopic (exact) mass is 363 g/mol. The minimum absolute atomic E-state index is 0.129. The van der Waals surface area contributed by atoms with Crippen molar-refractivity contribution in [3.8, 4) is 11.8 Å². The number of hydrogen-bond acceptors (Lipinski definition) is 6. The van der Waals surface area contributed by atoms with E-state index in [1.807, 2.05) is 4.90 Å². The molecule has 2 fully saturated rings. The second kappa shape index (κ2) is 7.49. The lowest BCUT2D eigenvalue weighted by atomic mass is 9.85. The number of ether oxygens (including phenoxy) is 3. The molecule has 0 N–H and O–H groups in total. The van der Waals surface area contributed by atoms with E-state index < -0.39 is 5.41 Å². The molecule has 26 heavy (non-hydrogen) atoms. The number of nitrogens with zero attached hydrogens (tertiary/aromatic N) is 3. The van der Waals surface area contributed by atoms with Gasteiger partial charge in [-0.2, -0.15) is 4.98 Å². The minimum atomic E-state index is -0.462. The Hall–Kier alpha value is -2.35. The average molecular weight is 363 g/mol. The van der Waals surface area contributed by atoms with Crippen molar-refractivity contribution in [1.82, 2.24) is 14.8 Å². The Morgan fingerprint density at radius 1 is 1.19 bits per heavy atom. The lowest BCUT2D eigenvalue weighted by molar-refractivity contribution is -0.135. The first-order valence-electron chi connectivity index (χ1n) is 8.71. The van der Waals surface area contributed by atoms with Gasteiger partial charge in [-0.05, 0) is 18.9 Å². The van der Waals surface area contributed by atoms with Crippen LogP contribution in [0.1, 0.15) is 23.2 Å². The molecule has 1 unspecified atom stereocenters. The van der Waals surface area contributed by atoms with E-state index in [2.05, 4.69) is 4.98 Å². The van der Waals surface area contributed by atoms with Crippen molar-refractivity contribution in [2.45, 2.75) is 12.8 Å². The largest absolute Gasteiger partial charge is 0.481 e. The number of pyridine rings is 1. The van der Waals surface area contributed by atoms with Crippen LogP contribution in [0.5, 0.6) is 11.8 Å². The molecule has 8 heteroatoms. The maximum Gasteiger partial charge on any atom is 0.259 e. The first-order chi connectivity index (χ1) is 12.5. The van der Waals surface area contributed by atoms with Gasteiger partial charge in [0, 0.05) is 39.4 Å². The normalized spacial score (nSPS) is 22.3. The summed E-state index contributed by atoms with van der Waals surface area (Å²) in [5, 5.41) is 0. The molecule has 2 aliphatic heterocycles. The summed E-state index contributed by atoms with van der Waals surface area (Å²) in [5.41, 5.74) is -0.0803. The van der Waals surface area contributed by atoms with Gasteiger partial charge in [0.2, 0.25) is 17.7 Å². The van der Waals surface area contributed by atoms with E-state index in [1.165, 1.54) is 14.2 Å². The Balaban J connectivity index is 1.73. The van der Waals surface area contributed by atoms with Gasteiger partial charge in [-0.25, -0.2) is 0 Å². The number of rotatable bonds is 6. The summed E-state index contributed by atoms with van der Waals surface area (Å²) >= 11 is 0. The van der Waals surface area contributed by atoms with Crippen LogP contribution in [0.3, 0.4) is 0 Å². The molecule has 1 atom stereocenters. The van der Waals surface area contributed by atoms with Gasteiger partial charge >= 0.3 is 0 Å². The SMILES string of the molecule is COCCN1CCC2(CCN(C(=O)c3ccc(OC)nc3OC)C2)C1=O. The number of carbonyl (C=O) groups excluding carboxylic acids is 2. The maximum absolute atomic E-state index is 12.9. The molecule has 142 valence electrons. The first kappa shape index (κ1) is 18.4. The van der Waals surface area contributed by atoms with Crippen LogP contribution in [0, 0.1) is 5.41 Å². The fourth-order valence-electron chi connectivity index (χ4n) is 3.76. The van der Waals surface area contributed by atoms with Crippen LogP contribution in [-0.2, 0) is 9.53 Å². The van der Waals surface area contributed by atoms with Crippen molar-refractivity contribution in [2.75, 3.05) is 54.1 Å². The zero-order chi connectivity index (χ0) is 18.7. The molecular weight excluding hydrogens is 338 g/mol. The Labute approximate surface area is 153 Å². The molecule has 8 nitrogen and oxygen atoms in total. The Morgan fingerprint density at radius 3 is 2.65 bits per heavy atom. The van der Waals surface area contributed by atoms with Crippen molar-refractivity contribution in [2.24, 2.45) is 5.41 Å². The van der Waals surface area contributed by atoms with Crippen LogP contribution in [-0.4, -0.2) is 80.7 Å². The highest BCUT2D eigenvalue weighted by molar-refractivity contribution is 5.97. The van der Waals surface area contributed by atoms with Gasteiger partial charge in [-0.3, -0.25) is 9.59 Å². The van der Waals surface area contributed by atoms with Crippen molar-refractivity contribution in [1.29, 1.82) is 0 Å². The highest BCUT2D eigenvalue weighted by atomic mass is 16.5. The Kier molecular flexibility index (Phi) is 5.31. The molecule has 0 saturated carbocycles. The van der Waals surface area contributed by atoms with Gasteiger partial charge in [-0.15, -0.1) is 0 Å². The number of aromatic nitrogens is 1. The highest BCUT2D eigenvalue weighted by Crippen LogP contribution is 2.41. The molecule has 0 aromatic carbocycles. The van der Waals surface area contributed by atoms with Crippen molar-refractivity contribution in [3.05, 3.63) is 17.7 Å². The third kappa shape index (κ3) is 3.21. The molecule has 2 aliphatic rings. The van der Waals surface area contributed by atoms with Crippen LogP contribution in [0.4, 0.5) is 0 Å². The smallest absolute Gasteiger partial charge is 0.259 e. The number of hydrogen-bond donors (Lipinski definition) is 0. The van der Waals surface area contributed by atoms with E-state index in [0.717, 1.165) is 13.0 Å². The molecule has 2 saturated heterocycles. The summed E-state index contributed by atoms with van der Waals surface area (Å²) in [6.07, 6.45) is 1.46. The third-order valence-corrected chi connectivity index (χ3v) is 5.28. The Bertz CT molecular complexity index is 695. The van der Waals surface area contributed by atoms with Gasteiger partial charge in [0.15, 0.2) is 0 Å². The van der Waals surface area contributed by atoms with Gasteiger partial charge in [0.05, 0.1) is 26.2 Å². The highest BCUT2D eigenvalue weighted by Gasteiger charge is 2.51. The van der Waals surface area contributed by atoms with Crippen molar-refractivity contribution < 1.29 is 23.8 Å². The number of methoxy groups -OCH3 is 3.